The number of anilines is 2. The van der Waals surface area contributed by atoms with E-state index in [1.54, 1.807) is 12.1 Å². The number of carbonyl (C=O) groups is 2. The van der Waals surface area contributed by atoms with Crippen molar-refractivity contribution in [2.75, 3.05) is 16.4 Å². The number of hydrogen-bond acceptors (Lipinski definition) is 4. The molecule has 0 fully saturated rings. The SMILES string of the molecule is C=CCCC(CC(C)C)C(=O)Nc1ccc2c(c1)S(=O)(=O)CC(=O)N2. The quantitative estimate of drug-likeness (QED) is 0.728. The molecule has 25 heavy (non-hydrogen) atoms. The summed E-state index contributed by atoms with van der Waals surface area (Å²) < 4.78 is 24.3. The van der Waals surface area contributed by atoms with Gasteiger partial charge in [-0.3, -0.25) is 9.59 Å². The fourth-order valence-electron chi connectivity index (χ4n) is 2.89. The van der Waals surface area contributed by atoms with Gasteiger partial charge in [0.15, 0.2) is 9.84 Å². The Morgan fingerprint density at radius 2 is 2.12 bits per heavy atom. The molecule has 136 valence electrons. The summed E-state index contributed by atoms with van der Waals surface area (Å²) in [5.41, 5.74) is 0.662. The number of benzene rings is 1. The van der Waals surface area contributed by atoms with E-state index in [0.29, 0.717) is 18.0 Å². The monoisotopic (exact) mass is 364 g/mol. The van der Waals surface area contributed by atoms with E-state index in [2.05, 4.69) is 31.1 Å². The summed E-state index contributed by atoms with van der Waals surface area (Å²) in [6, 6.07) is 4.50. The third-order valence-electron chi connectivity index (χ3n) is 4.03. The Morgan fingerprint density at radius 3 is 2.76 bits per heavy atom. The Labute approximate surface area is 148 Å². The number of sulfone groups is 1. The van der Waals surface area contributed by atoms with E-state index in [0.717, 1.165) is 12.8 Å². The zero-order valence-corrected chi connectivity index (χ0v) is 15.4. The molecule has 2 N–H and O–H groups in total. The van der Waals surface area contributed by atoms with Crippen molar-refractivity contribution in [1.29, 1.82) is 0 Å². The Morgan fingerprint density at radius 1 is 1.40 bits per heavy atom. The van der Waals surface area contributed by atoms with E-state index in [-0.39, 0.29) is 22.4 Å². The van der Waals surface area contributed by atoms with Crippen LogP contribution in [0.1, 0.15) is 33.1 Å². The first-order valence-corrected chi connectivity index (χ1v) is 9.96. The van der Waals surface area contributed by atoms with Gasteiger partial charge in [-0.2, -0.15) is 0 Å². The van der Waals surface area contributed by atoms with Crippen LogP contribution >= 0.6 is 0 Å². The number of nitrogens with one attached hydrogen (secondary N) is 2. The van der Waals surface area contributed by atoms with Crippen LogP contribution < -0.4 is 10.6 Å². The topological polar surface area (TPSA) is 92.3 Å². The van der Waals surface area contributed by atoms with Crippen molar-refractivity contribution in [2.24, 2.45) is 11.8 Å². The summed E-state index contributed by atoms with van der Waals surface area (Å²) in [4.78, 5) is 24.0. The molecule has 0 aliphatic carbocycles. The minimum atomic E-state index is -3.68. The number of allylic oxidation sites excluding steroid dienone is 1. The molecular weight excluding hydrogens is 340 g/mol. The molecule has 6 nitrogen and oxygen atoms in total. The molecule has 1 heterocycles. The van der Waals surface area contributed by atoms with E-state index < -0.39 is 21.5 Å². The number of amides is 2. The predicted octanol–water partition coefficient (Wildman–Crippen LogP) is 2.98. The summed E-state index contributed by atoms with van der Waals surface area (Å²) in [6.07, 6.45) is 3.98. The van der Waals surface area contributed by atoms with Crippen LogP contribution in [0.5, 0.6) is 0 Å². The molecule has 1 aliphatic heterocycles. The lowest BCUT2D eigenvalue weighted by Gasteiger charge is -2.20. The molecule has 0 saturated heterocycles. The average Bonchev–Trinajstić information content (AvgIpc) is 2.50. The van der Waals surface area contributed by atoms with Gasteiger partial charge in [-0.05, 0) is 43.4 Å². The first kappa shape index (κ1) is 19.2. The third kappa shape index (κ3) is 4.92. The van der Waals surface area contributed by atoms with E-state index in [1.807, 2.05) is 0 Å². The lowest BCUT2D eigenvalue weighted by Crippen LogP contribution is -2.29. The molecule has 1 atom stereocenters. The van der Waals surface area contributed by atoms with Gasteiger partial charge in [0, 0.05) is 11.6 Å². The molecule has 1 aliphatic rings. The fourth-order valence-corrected chi connectivity index (χ4v) is 4.22. The van der Waals surface area contributed by atoms with Crippen molar-refractivity contribution < 1.29 is 18.0 Å². The van der Waals surface area contributed by atoms with Crippen LogP contribution in [0.25, 0.3) is 0 Å². The van der Waals surface area contributed by atoms with Gasteiger partial charge >= 0.3 is 0 Å². The maximum atomic E-state index is 12.6. The van der Waals surface area contributed by atoms with Gasteiger partial charge in [-0.15, -0.1) is 6.58 Å². The minimum Gasteiger partial charge on any atom is -0.326 e. The number of carbonyl (C=O) groups excluding carboxylic acids is 2. The van der Waals surface area contributed by atoms with Crippen molar-refractivity contribution in [3.8, 4) is 0 Å². The second-order valence-corrected chi connectivity index (χ2v) is 8.66. The van der Waals surface area contributed by atoms with Gasteiger partial charge in [0.05, 0.1) is 10.6 Å². The summed E-state index contributed by atoms with van der Waals surface area (Å²) in [5.74, 6) is -1.05. The number of hydrogen-bond donors (Lipinski definition) is 2. The molecule has 0 aromatic heterocycles. The summed E-state index contributed by atoms with van der Waals surface area (Å²) >= 11 is 0. The Balaban J connectivity index is 2.20. The average molecular weight is 364 g/mol. The van der Waals surface area contributed by atoms with Crippen molar-refractivity contribution in [3.05, 3.63) is 30.9 Å². The zero-order chi connectivity index (χ0) is 18.6. The van der Waals surface area contributed by atoms with Crippen LogP contribution in [0.2, 0.25) is 0 Å². The van der Waals surface area contributed by atoms with Gasteiger partial charge in [0.25, 0.3) is 0 Å². The van der Waals surface area contributed by atoms with E-state index in [1.165, 1.54) is 12.1 Å². The van der Waals surface area contributed by atoms with Crippen molar-refractivity contribution in [3.63, 3.8) is 0 Å². The molecular formula is C18H24N2O4S. The molecule has 2 amide bonds. The van der Waals surface area contributed by atoms with Crippen molar-refractivity contribution >= 4 is 33.0 Å². The summed E-state index contributed by atoms with van der Waals surface area (Å²) in [6.45, 7) is 7.81. The van der Waals surface area contributed by atoms with Crippen LogP contribution in [-0.2, 0) is 19.4 Å². The van der Waals surface area contributed by atoms with Gasteiger partial charge in [-0.25, -0.2) is 8.42 Å². The first-order valence-electron chi connectivity index (χ1n) is 8.31. The lowest BCUT2D eigenvalue weighted by atomic mass is 9.92. The van der Waals surface area contributed by atoms with Crippen LogP contribution in [0.15, 0.2) is 35.7 Å². The maximum Gasteiger partial charge on any atom is 0.239 e. The largest absolute Gasteiger partial charge is 0.326 e. The first-order chi connectivity index (χ1) is 11.7. The molecule has 1 aromatic carbocycles. The van der Waals surface area contributed by atoms with Gasteiger partial charge < -0.3 is 10.6 Å². The van der Waals surface area contributed by atoms with Crippen molar-refractivity contribution in [1.82, 2.24) is 0 Å². The smallest absolute Gasteiger partial charge is 0.239 e. The molecule has 1 unspecified atom stereocenters. The lowest BCUT2D eigenvalue weighted by molar-refractivity contribution is -0.120. The second kappa shape index (κ2) is 7.82. The van der Waals surface area contributed by atoms with Gasteiger partial charge in [-0.1, -0.05) is 19.9 Å². The van der Waals surface area contributed by atoms with Gasteiger partial charge in [0.2, 0.25) is 11.8 Å². The van der Waals surface area contributed by atoms with Crippen LogP contribution in [0.3, 0.4) is 0 Å². The highest BCUT2D eigenvalue weighted by molar-refractivity contribution is 7.92. The number of rotatable bonds is 7. The van der Waals surface area contributed by atoms with Gasteiger partial charge in [0.1, 0.15) is 5.75 Å². The standard InChI is InChI=1S/C18H24N2O4S/c1-4-5-6-13(9-12(2)3)18(22)19-14-7-8-15-16(10-14)25(23,24)11-17(21)20-15/h4,7-8,10,12-13H,1,5-6,9,11H2,2-3H3,(H,19,22)(H,20,21). The Hall–Kier alpha value is -2.15. The zero-order valence-electron chi connectivity index (χ0n) is 14.5. The summed E-state index contributed by atoms with van der Waals surface area (Å²) in [7, 11) is -3.68. The Bertz CT molecular complexity index is 784. The van der Waals surface area contributed by atoms with E-state index >= 15 is 0 Å². The maximum absolute atomic E-state index is 12.6. The molecule has 0 spiro atoms. The molecule has 7 heteroatoms. The highest BCUT2D eigenvalue weighted by Gasteiger charge is 2.29. The molecule has 1 aromatic rings. The summed E-state index contributed by atoms with van der Waals surface area (Å²) in [5, 5.41) is 5.34. The minimum absolute atomic E-state index is 0.0383. The fraction of sp³-hybridized carbons (Fsp3) is 0.444. The third-order valence-corrected chi connectivity index (χ3v) is 5.68. The highest BCUT2D eigenvalue weighted by Crippen LogP contribution is 2.30. The number of fused-ring (bicyclic) bond motifs is 1. The van der Waals surface area contributed by atoms with E-state index in [9.17, 15) is 18.0 Å². The van der Waals surface area contributed by atoms with Crippen LogP contribution in [-0.4, -0.2) is 26.0 Å². The van der Waals surface area contributed by atoms with Crippen molar-refractivity contribution in [2.45, 2.75) is 38.0 Å². The molecule has 0 radical (unpaired) electrons. The second-order valence-electron chi connectivity index (χ2n) is 6.70. The van der Waals surface area contributed by atoms with E-state index in [4.69, 9.17) is 0 Å². The highest BCUT2D eigenvalue weighted by atomic mass is 32.2. The molecule has 0 bridgehead atoms. The van der Waals surface area contributed by atoms with Crippen LogP contribution in [0, 0.1) is 11.8 Å². The Kier molecular flexibility index (Phi) is 6.00. The molecule has 2 rings (SSSR count). The van der Waals surface area contributed by atoms with Crippen LogP contribution in [0.4, 0.5) is 11.4 Å². The normalized spacial score (nSPS) is 16.7. The molecule has 0 saturated carbocycles. The predicted molar refractivity (Wildman–Crippen MR) is 98.1 cm³/mol.